The first-order valence-corrected chi connectivity index (χ1v) is 17.2. The number of fused-ring (bicyclic) bond motifs is 5. The fourth-order valence-corrected chi connectivity index (χ4v) is 8.17. The largest absolute Gasteiger partial charge is 0.312 e. The summed E-state index contributed by atoms with van der Waals surface area (Å²) in [7, 11) is 0. The summed E-state index contributed by atoms with van der Waals surface area (Å²) in [5.74, 6) is 0.0932. The summed E-state index contributed by atoms with van der Waals surface area (Å²) in [4.78, 5) is 0. The van der Waals surface area contributed by atoms with Crippen LogP contribution in [0.15, 0.2) is 182 Å². The molecule has 0 fully saturated rings. The van der Waals surface area contributed by atoms with Crippen LogP contribution in [0.4, 0.5) is 0 Å². The lowest BCUT2D eigenvalue weighted by molar-refractivity contribution is 0.624. The van der Waals surface area contributed by atoms with E-state index in [1.54, 1.807) is 0 Å². The van der Waals surface area contributed by atoms with Gasteiger partial charge in [-0.1, -0.05) is 166 Å². The number of hydrogen-bond acceptors (Lipinski definition) is 0. The Balaban J connectivity index is 1.20. The van der Waals surface area contributed by atoms with E-state index < -0.39 is 0 Å². The highest BCUT2D eigenvalue weighted by Gasteiger charge is 2.40. The van der Waals surface area contributed by atoms with E-state index in [0.29, 0.717) is 0 Å². The molecule has 0 radical (unpaired) electrons. The monoisotopic (exact) mass is 627 g/mol. The van der Waals surface area contributed by atoms with Crippen molar-refractivity contribution in [2.75, 3.05) is 0 Å². The van der Waals surface area contributed by atoms with Gasteiger partial charge in [0.15, 0.2) is 0 Å². The maximum Gasteiger partial charge on any atom is 0.0538 e. The van der Waals surface area contributed by atoms with Crippen molar-refractivity contribution in [1.29, 1.82) is 0 Å². The molecule has 0 aliphatic heterocycles. The maximum atomic E-state index is 2.50. The van der Waals surface area contributed by atoms with E-state index in [1.807, 2.05) is 0 Å². The Hall–Kier alpha value is -5.92. The zero-order valence-corrected chi connectivity index (χ0v) is 27.8. The number of para-hydroxylation sites is 1. The van der Waals surface area contributed by atoms with Crippen molar-refractivity contribution in [3.05, 3.63) is 210 Å². The van der Waals surface area contributed by atoms with E-state index in [1.165, 1.54) is 77.9 Å². The molecule has 1 heterocycles. The van der Waals surface area contributed by atoms with Gasteiger partial charge < -0.3 is 4.57 Å². The van der Waals surface area contributed by atoms with Crippen molar-refractivity contribution < 1.29 is 0 Å². The van der Waals surface area contributed by atoms with Crippen molar-refractivity contribution >= 4 is 10.9 Å². The second kappa shape index (κ2) is 11.6. The molecule has 0 unspecified atom stereocenters. The molecule has 1 nitrogen and oxygen atoms in total. The van der Waals surface area contributed by atoms with Gasteiger partial charge in [-0.05, 0) is 80.4 Å². The first-order valence-electron chi connectivity index (χ1n) is 17.2. The summed E-state index contributed by atoms with van der Waals surface area (Å²) >= 11 is 0. The van der Waals surface area contributed by atoms with E-state index >= 15 is 0 Å². The third kappa shape index (κ3) is 4.85. The van der Waals surface area contributed by atoms with Crippen LogP contribution < -0.4 is 0 Å². The predicted octanol–water partition coefficient (Wildman–Crippen LogP) is 12.5. The van der Waals surface area contributed by atoms with Gasteiger partial charge >= 0.3 is 0 Å². The fourth-order valence-electron chi connectivity index (χ4n) is 8.17. The highest BCUT2D eigenvalue weighted by atomic mass is 15.0. The Bertz CT molecular complexity index is 2430. The quantitative estimate of drug-likeness (QED) is 0.162. The highest BCUT2D eigenvalue weighted by molar-refractivity contribution is 6.04. The second-order valence-corrected chi connectivity index (χ2v) is 13.8. The minimum atomic E-state index is -0.132. The number of nitrogens with zero attached hydrogens (tertiary/aromatic N) is 1. The topological polar surface area (TPSA) is 4.93 Å². The SMILES string of the molecule is CC1(C)c2ccccc2-c2c1n(-c1ccccc1)c1ccc([C@H](c3ccccc3)c3ccc(-c4cccc(-c5ccccc5)c4)cc3)cc21. The Morgan fingerprint density at radius 3 is 1.71 bits per heavy atom. The van der Waals surface area contributed by atoms with Crippen LogP contribution in [0.1, 0.15) is 47.7 Å². The Kier molecular flexibility index (Phi) is 6.95. The van der Waals surface area contributed by atoms with Crippen molar-refractivity contribution in [2.45, 2.75) is 25.2 Å². The molecule has 0 amide bonds. The molecule has 9 rings (SSSR count). The predicted molar refractivity (Wildman–Crippen MR) is 206 cm³/mol. The van der Waals surface area contributed by atoms with Crippen LogP contribution in [0.5, 0.6) is 0 Å². The third-order valence-electron chi connectivity index (χ3n) is 10.5. The van der Waals surface area contributed by atoms with Crippen LogP contribution in [-0.4, -0.2) is 4.57 Å². The van der Waals surface area contributed by atoms with Crippen LogP contribution in [0, 0.1) is 0 Å². The van der Waals surface area contributed by atoms with E-state index in [-0.39, 0.29) is 11.3 Å². The molecular formula is C48H37N. The molecule has 0 N–H and O–H groups in total. The molecule has 0 saturated carbocycles. The summed E-state index contributed by atoms with van der Waals surface area (Å²) < 4.78 is 2.50. The van der Waals surface area contributed by atoms with Crippen molar-refractivity contribution in [3.8, 4) is 39.1 Å². The third-order valence-corrected chi connectivity index (χ3v) is 10.5. The van der Waals surface area contributed by atoms with Crippen molar-refractivity contribution in [3.63, 3.8) is 0 Å². The zero-order valence-electron chi connectivity index (χ0n) is 27.8. The van der Waals surface area contributed by atoms with Crippen LogP contribution >= 0.6 is 0 Å². The number of rotatable bonds is 6. The van der Waals surface area contributed by atoms with Crippen LogP contribution in [0.25, 0.3) is 50.0 Å². The summed E-state index contributed by atoms with van der Waals surface area (Å²) in [6, 6.07) is 66.7. The van der Waals surface area contributed by atoms with Gasteiger partial charge in [-0.15, -0.1) is 0 Å². The summed E-state index contributed by atoms with van der Waals surface area (Å²) in [5.41, 5.74) is 16.6. The van der Waals surface area contributed by atoms with Gasteiger partial charge in [0, 0.05) is 33.7 Å². The van der Waals surface area contributed by atoms with Gasteiger partial charge in [-0.3, -0.25) is 0 Å². The number of benzene rings is 7. The van der Waals surface area contributed by atoms with Crippen molar-refractivity contribution in [1.82, 2.24) is 4.57 Å². The maximum absolute atomic E-state index is 2.50. The number of hydrogen-bond donors (Lipinski definition) is 0. The molecule has 0 spiro atoms. The van der Waals surface area contributed by atoms with Gasteiger partial charge in [-0.25, -0.2) is 0 Å². The zero-order chi connectivity index (χ0) is 33.0. The molecule has 7 aromatic carbocycles. The van der Waals surface area contributed by atoms with Gasteiger partial charge in [-0.2, -0.15) is 0 Å². The Morgan fingerprint density at radius 2 is 1.00 bits per heavy atom. The summed E-state index contributed by atoms with van der Waals surface area (Å²) in [6.45, 7) is 4.75. The normalized spacial score (nSPS) is 13.6. The molecular weight excluding hydrogens is 591 g/mol. The molecule has 1 aliphatic rings. The van der Waals surface area contributed by atoms with Crippen LogP contribution in [0.3, 0.4) is 0 Å². The lowest BCUT2D eigenvalue weighted by atomic mass is 9.84. The molecule has 1 atom stereocenters. The smallest absolute Gasteiger partial charge is 0.0538 e. The van der Waals surface area contributed by atoms with E-state index in [0.717, 1.165) is 0 Å². The van der Waals surface area contributed by atoms with E-state index in [4.69, 9.17) is 0 Å². The average Bonchev–Trinajstić information content (AvgIpc) is 3.63. The van der Waals surface area contributed by atoms with Crippen molar-refractivity contribution in [2.24, 2.45) is 0 Å². The van der Waals surface area contributed by atoms with Crippen LogP contribution in [0.2, 0.25) is 0 Å². The number of aromatic nitrogens is 1. The molecule has 0 saturated heterocycles. The molecule has 49 heavy (non-hydrogen) atoms. The summed E-state index contributed by atoms with van der Waals surface area (Å²) in [5, 5.41) is 1.31. The fraction of sp³-hybridized carbons (Fsp3) is 0.0833. The van der Waals surface area contributed by atoms with Crippen LogP contribution in [-0.2, 0) is 5.41 Å². The highest BCUT2D eigenvalue weighted by Crippen LogP contribution is 2.54. The van der Waals surface area contributed by atoms with Gasteiger partial charge in [0.05, 0.1) is 5.52 Å². The second-order valence-electron chi connectivity index (χ2n) is 13.8. The lowest BCUT2D eigenvalue weighted by Crippen LogP contribution is -2.19. The van der Waals surface area contributed by atoms with E-state index in [9.17, 15) is 0 Å². The Labute approximate surface area is 288 Å². The molecule has 0 bridgehead atoms. The molecule has 1 aromatic heterocycles. The molecule has 1 heteroatoms. The lowest BCUT2D eigenvalue weighted by Gasteiger charge is -2.24. The molecule has 234 valence electrons. The molecule has 1 aliphatic carbocycles. The first-order chi connectivity index (χ1) is 24.1. The van der Waals surface area contributed by atoms with Gasteiger partial charge in [0.2, 0.25) is 0 Å². The molecule has 8 aromatic rings. The standard InChI is InChI=1S/C48H37N/c1-48(2)43-24-13-12-23-41(43)46-42-32-39(29-30-44(42)49(47(46)48)40-21-10-5-11-22-40)45(35-17-8-4-9-18-35)36-27-25-34(26-28-36)38-20-14-19-37(31-38)33-15-6-3-7-16-33/h3-32,45H,1-2H3/t45-/m1/s1. The first kappa shape index (κ1) is 29.2. The van der Waals surface area contributed by atoms with Gasteiger partial charge in [0.25, 0.3) is 0 Å². The summed E-state index contributed by atoms with van der Waals surface area (Å²) in [6.07, 6.45) is 0. The minimum absolute atomic E-state index is 0.0932. The average molecular weight is 628 g/mol. The van der Waals surface area contributed by atoms with E-state index in [2.05, 4.69) is 200 Å². The van der Waals surface area contributed by atoms with Gasteiger partial charge in [0.1, 0.15) is 0 Å². The minimum Gasteiger partial charge on any atom is -0.312 e. The Morgan fingerprint density at radius 1 is 0.449 bits per heavy atom.